The molecule has 1 unspecified atom stereocenters. The zero-order valence-electron chi connectivity index (χ0n) is 13.6. The van der Waals surface area contributed by atoms with Crippen LogP contribution in [0.1, 0.15) is 27.2 Å². The molecule has 6 nitrogen and oxygen atoms in total. The van der Waals surface area contributed by atoms with Gasteiger partial charge in [-0.05, 0) is 42.0 Å². The van der Waals surface area contributed by atoms with E-state index in [0.29, 0.717) is 17.6 Å². The Morgan fingerprint density at radius 1 is 1.29 bits per heavy atom. The lowest BCUT2D eigenvalue weighted by molar-refractivity contribution is -0.384. The number of Topliss-reactive ketones (excluding diaryl/α,β-unsaturated/α-hetero) is 1. The average Bonchev–Trinajstić information content (AvgIpc) is 2.49. The summed E-state index contributed by atoms with van der Waals surface area (Å²) in [5.74, 6) is -0.363. The molecule has 2 rings (SSSR count). The van der Waals surface area contributed by atoms with Gasteiger partial charge in [-0.25, -0.2) is 8.42 Å². The van der Waals surface area contributed by atoms with E-state index in [0.717, 1.165) is 0 Å². The third kappa shape index (κ3) is 3.59. The number of nitro benzene ring substituents is 1. The summed E-state index contributed by atoms with van der Waals surface area (Å²) in [5, 5.41) is 10.7. The first-order valence-corrected chi connectivity index (χ1v) is 9.88. The molecule has 0 spiro atoms. The fourth-order valence-corrected chi connectivity index (χ4v) is 5.76. The number of ketones is 1. The van der Waals surface area contributed by atoms with Gasteiger partial charge in [-0.3, -0.25) is 14.9 Å². The van der Waals surface area contributed by atoms with E-state index in [1.807, 2.05) is 13.8 Å². The molecular weight excluding hydrogens is 398 g/mol. The molecule has 0 saturated carbocycles. The molecule has 1 aliphatic rings. The monoisotopic (exact) mass is 415 g/mol. The highest BCUT2D eigenvalue weighted by Gasteiger charge is 2.39. The lowest BCUT2D eigenvalue weighted by atomic mass is 9.73. The van der Waals surface area contributed by atoms with Crippen LogP contribution in [0.5, 0.6) is 0 Å². The van der Waals surface area contributed by atoms with Gasteiger partial charge in [0, 0.05) is 12.1 Å². The van der Waals surface area contributed by atoms with Crippen molar-refractivity contribution in [2.45, 2.75) is 36.9 Å². The number of carbonyl (C=O) groups excluding carboxylic acids is 1. The second-order valence-corrected chi connectivity index (χ2v) is 9.63. The maximum Gasteiger partial charge on any atom is 0.269 e. The van der Waals surface area contributed by atoms with E-state index < -0.39 is 20.2 Å². The molecule has 0 fully saturated rings. The van der Waals surface area contributed by atoms with E-state index >= 15 is 0 Å². The summed E-state index contributed by atoms with van der Waals surface area (Å²) in [6.07, 6.45) is 0.522. The van der Waals surface area contributed by atoms with Crippen molar-refractivity contribution in [1.82, 2.24) is 0 Å². The van der Waals surface area contributed by atoms with Crippen LogP contribution in [0.4, 0.5) is 5.69 Å². The summed E-state index contributed by atoms with van der Waals surface area (Å²) < 4.78 is 25.4. The van der Waals surface area contributed by atoms with Gasteiger partial charge in [0.1, 0.15) is 0 Å². The van der Waals surface area contributed by atoms with E-state index in [1.165, 1.54) is 24.3 Å². The van der Waals surface area contributed by atoms with Gasteiger partial charge in [0.15, 0.2) is 15.6 Å². The molecule has 0 radical (unpaired) electrons. The predicted octanol–water partition coefficient (Wildman–Crippen LogP) is 3.45. The molecule has 0 bridgehead atoms. The number of hydrogen-bond acceptors (Lipinski definition) is 5. The number of nitro groups is 1. The van der Waals surface area contributed by atoms with Gasteiger partial charge in [-0.15, -0.1) is 0 Å². The van der Waals surface area contributed by atoms with Crippen LogP contribution in [0.25, 0.3) is 0 Å². The molecule has 0 amide bonds. The van der Waals surface area contributed by atoms with E-state index in [9.17, 15) is 23.3 Å². The van der Waals surface area contributed by atoms with Crippen LogP contribution >= 0.6 is 15.9 Å². The number of alkyl halides is 1. The Hall–Kier alpha value is -1.54. The van der Waals surface area contributed by atoms with Gasteiger partial charge in [0.25, 0.3) is 5.69 Å². The number of halogens is 1. The van der Waals surface area contributed by atoms with Gasteiger partial charge in [-0.2, -0.15) is 0 Å². The summed E-state index contributed by atoms with van der Waals surface area (Å²) in [6.45, 7) is 5.48. The Balaban J connectivity index is 2.41. The Kier molecular flexibility index (Phi) is 5.01. The molecule has 8 heteroatoms. The minimum Gasteiger partial charge on any atom is -0.293 e. The van der Waals surface area contributed by atoms with E-state index in [2.05, 4.69) is 15.9 Å². The van der Waals surface area contributed by atoms with Crippen LogP contribution in [0.3, 0.4) is 0 Å². The van der Waals surface area contributed by atoms with Crippen molar-refractivity contribution < 1.29 is 18.1 Å². The molecule has 1 aliphatic carbocycles. The smallest absolute Gasteiger partial charge is 0.269 e. The number of non-ortho nitro benzene ring substituents is 1. The van der Waals surface area contributed by atoms with Crippen molar-refractivity contribution in [2.75, 3.05) is 5.75 Å². The van der Waals surface area contributed by atoms with Crippen molar-refractivity contribution in [1.29, 1.82) is 0 Å². The van der Waals surface area contributed by atoms with Crippen LogP contribution < -0.4 is 0 Å². The van der Waals surface area contributed by atoms with E-state index in [4.69, 9.17) is 0 Å². The fourth-order valence-electron chi connectivity index (χ4n) is 2.91. The van der Waals surface area contributed by atoms with Crippen molar-refractivity contribution in [3.63, 3.8) is 0 Å². The first kappa shape index (κ1) is 18.8. The van der Waals surface area contributed by atoms with Crippen molar-refractivity contribution in [3.8, 4) is 0 Å². The van der Waals surface area contributed by atoms with Crippen molar-refractivity contribution in [3.05, 3.63) is 45.5 Å². The largest absolute Gasteiger partial charge is 0.293 e. The molecule has 1 atom stereocenters. The zero-order valence-corrected chi connectivity index (χ0v) is 16.0. The normalized spacial score (nSPS) is 21.0. The van der Waals surface area contributed by atoms with Crippen LogP contribution in [0.2, 0.25) is 0 Å². The highest BCUT2D eigenvalue weighted by Crippen LogP contribution is 2.42. The van der Waals surface area contributed by atoms with Gasteiger partial charge >= 0.3 is 0 Å². The van der Waals surface area contributed by atoms with Gasteiger partial charge < -0.3 is 0 Å². The lowest BCUT2D eigenvalue weighted by Gasteiger charge is -2.36. The Morgan fingerprint density at radius 2 is 1.83 bits per heavy atom. The van der Waals surface area contributed by atoms with Crippen LogP contribution in [0, 0.1) is 15.5 Å². The second-order valence-electron chi connectivity index (χ2n) is 6.53. The molecule has 0 heterocycles. The van der Waals surface area contributed by atoms with Crippen LogP contribution in [-0.2, 0) is 14.6 Å². The predicted molar refractivity (Wildman–Crippen MR) is 94.0 cm³/mol. The summed E-state index contributed by atoms with van der Waals surface area (Å²) in [5.41, 5.74) is 0.472. The lowest BCUT2D eigenvalue weighted by Crippen LogP contribution is -2.35. The zero-order chi connectivity index (χ0) is 18.3. The highest BCUT2D eigenvalue weighted by atomic mass is 79.9. The molecule has 0 N–H and O–H groups in total. The standard InChI is InChI=1S/C16H18BrNO5S/c1-10-13(16(2,3)8-14(17)15(10)19)9-24(22,23)12-6-4-11(5-7-12)18(20)21/h4-7,14H,8-9H2,1-3H3. The third-order valence-corrected chi connectivity index (χ3v) is 6.75. The number of hydrogen-bond donors (Lipinski definition) is 0. The van der Waals surface area contributed by atoms with Gasteiger partial charge in [0.2, 0.25) is 0 Å². The maximum absolute atomic E-state index is 12.7. The summed E-state index contributed by atoms with van der Waals surface area (Å²) in [6, 6.07) is 4.79. The SMILES string of the molecule is CC1=C(CS(=O)(=O)c2ccc([N+](=O)[O-])cc2)C(C)(C)CC(Br)C1=O. The number of allylic oxidation sites excluding steroid dienone is 1. The van der Waals surface area contributed by atoms with Crippen LogP contribution in [-0.4, -0.2) is 29.7 Å². The minimum absolute atomic E-state index is 0.0117. The fraction of sp³-hybridized carbons (Fsp3) is 0.438. The average molecular weight is 416 g/mol. The van der Waals surface area contributed by atoms with E-state index in [1.54, 1.807) is 6.92 Å². The molecule has 130 valence electrons. The molecular formula is C16H18BrNO5S. The summed E-state index contributed by atoms with van der Waals surface area (Å²) in [4.78, 5) is 22.0. The number of rotatable bonds is 4. The Bertz CT molecular complexity index is 825. The summed E-state index contributed by atoms with van der Waals surface area (Å²) in [7, 11) is -3.70. The number of sulfone groups is 1. The third-order valence-electron chi connectivity index (χ3n) is 4.35. The maximum atomic E-state index is 12.7. The first-order valence-electron chi connectivity index (χ1n) is 7.31. The molecule has 0 aliphatic heterocycles. The molecule has 24 heavy (non-hydrogen) atoms. The van der Waals surface area contributed by atoms with Crippen molar-refractivity contribution >= 4 is 37.2 Å². The van der Waals surface area contributed by atoms with E-state index in [-0.39, 0.29) is 26.9 Å². The van der Waals surface area contributed by atoms with Crippen LogP contribution in [0.15, 0.2) is 40.3 Å². The van der Waals surface area contributed by atoms with Gasteiger partial charge in [0.05, 0.1) is 20.4 Å². The number of nitrogens with zero attached hydrogens (tertiary/aromatic N) is 1. The topological polar surface area (TPSA) is 94.3 Å². The summed E-state index contributed by atoms with van der Waals surface area (Å²) >= 11 is 3.35. The Morgan fingerprint density at radius 3 is 2.33 bits per heavy atom. The molecule has 1 aromatic rings. The molecule has 0 aromatic heterocycles. The first-order chi connectivity index (χ1) is 11.0. The Labute approximate surface area is 149 Å². The molecule has 1 aromatic carbocycles. The number of carbonyl (C=O) groups is 1. The molecule has 0 saturated heterocycles. The number of benzene rings is 1. The van der Waals surface area contributed by atoms with Gasteiger partial charge in [-0.1, -0.05) is 29.8 Å². The highest BCUT2D eigenvalue weighted by molar-refractivity contribution is 9.10. The quantitative estimate of drug-likeness (QED) is 0.426. The second kappa shape index (κ2) is 6.40. The minimum atomic E-state index is -3.70. The van der Waals surface area contributed by atoms with Crippen molar-refractivity contribution in [2.24, 2.45) is 5.41 Å².